The normalized spacial score (nSPS) is 11.2. The van der Waals surface area contributed by atoms with E-state index in [1.54, 1.807) is 36.7 Å². The van der Waals surface area contributed by atoms with Gasteiger partial charge >= 0.3 is 0 Å². The molecule has 0 atom stereocenters. The van der Waals surface area contributed by atoms with Gasteiger partial charge in [-0.2, -0.15) is 0 Å². The fourth-order valence-corrected chi connectivity index (χ4v) is 5.14. The molecule has 1 heterocycles. The van der Waals surface area contributed by atoms with E-state index >= 15 is 0 Å². The van der Waals surface area contributed by atoms with Crippen LogP contribution in [-0.2, 0) is 23.0 Å². The molecular formula is C29H29N3O3S. The fourth-order valence-electron chi connectivity index (χ4n) is 4.13. The molecule has 0 saturated heterocycles. The number of pyridine rings is 1. The van der Waals surface area contributed by atoms with E-state index in [2.05, 4.69) is 10.3 Å². The van der Waals surface area contributed by atoms with Crippen molar-refractivity contribution in [2.45, 2.75) is 26.8 Å². The lowest BCUT2D eigenvalue weighted by molar-refractivity contribution is 0.102. The Morgan fingerprint density at radius 2 is 1.36 bits per heavy atom. The van der Waals surface area contributed by atoms with E-state index in [4.69, 9.17) is 0 Å². The van der Waals surface area contributed by atoms with E-state index in [-0.39, 0.29) is 12.5 Å². The smallest absolute Gasteiger partial charge is 0.255 e. The Kier molecular flexibility index (Phi) is 7.50. The molecule has 1 N–H and O–H groups in total. The molecule has 0 aliphatic heterocycles. The minimum Gasteiger partial charge on any atom is -0.322 e. The number of aromatic nitrogens is 1. The van der Waals surface area contributed by atoms with Crippen molar-refractivity contribution in [3.05, 3.63) is 125 Å². The number of hydrogen-bond acceptors (Lipinski definition) is 4. The van der Waals surface area contributed by atoms with Crippen LogP contribution in [0.1, 0.15) is 38.2 Å². The summed E-state index contributed by atoms with van der Waals surface area (Å²) in [5, 5.41) is 2.92. The monoisotopic (exact) mass is 499 g/mol. The number of anilines is 2. The van der Waals surface area contributed by atoms with Crippen molar-refractivity contribution >= 4 is 27.3 Å². The number of nitrogens with one attached hydrogen (secondary N) is 1. The third-order valence-electron chi connectivity index (χ3n) is 6.00. The van der Waals surface area contributed by atoms with Gasteiger partial charge in [0.15, 0.2) is 0 Å². The molecule has 0 saturated carbocycles. The van der Waals surface area contributed by atoms with Crippen LogP contribution in [0.15, 0.2) is 91.3 Å². The highest BCUT2D eigenvalue weighted by molar-refractivity contribution is 7.92. The van der Waals surface area contributed by atoms with Crippen molar-refractivity contribution in [2.24, 2.45) is 0 Å². The van der Waals surface area contributed by atoms with Crippen LogP contribution in [0.4, 0.5) is 11.4 Å². The van der Waals surface area contributed by atoms with E-state index in [0.717, 1.165) is 28.7 Å². The van der Waals surface area contributed by atoms with Gasteiger partial charge in [0.1, 0.15) is 0 Å². The van der Waals surface area contributed by atoms with E-state index < -0.39 is 10.0 Å². The first-order valence-corrected chi connectivity index (χ1v) is 13.5. The van der Waals surface area contributed by atoms with Crippen molar-refractivity contribution in [2.75, 3.05) is 15.9 Å². The Hall–Kier alpha value is -3.97. The number of hydrogen-bond donors (Lipinski definition) is 1. The van der Waals surface area contributed by atoms with Crippen LogP contribution < -0.4 is 9.62 Å². The van der Waals surface area contributed by atoms with E-state index in [0.29, 0.717) is 16.9 Å². The van der Waals surface area contributed by atoms with Gasteiger partial charge in [-0.15, -0.1) is 0 Å². The average Bonchev–Trinajstić information content (AvgIpc) is 2.85. The maximum absolute atomic E-state index is 12.8. The number of benzene rings is 3. The maximum atomic E-state index is 12.8. The minimum absolute atomic E-state index is 0.186. The minimum atomic E-state index is -3.50. The van der Waals surface area contributed by atoms with Gasteiger partial charge in [0.05, 0.1) is 18.5 Å². The first-order valence-electron chi connectivity index (χ1n) is 11.6. The first kappa shape index (κ1) is 25.1. The number of carbonyl (C=O) groups excluding carboxylic acids is 1. The molecule has 6 nitrogen and oxygen atoms in total. The summed E-state index contributed by atoms with van der Waals surface area (Å²) in [5.41, 5.74) is 6.79. The van der Waals surface area contributed by atoms with Crippen LogP contribution in [0.25, 0.3) is 0 Å². The zero-order valence-corrected chi connectivity index (χ0v) is 21.4. The lowest BCUT2D eigenvalue weighted by atomic mass is 10.1. The number of nitrogens with zero attached hydrogens (tertiary/aromatic N) is 2. The Morgan fingerprint density at radius 3 is 1.94 bits per heavy atom. The summed E-state index contributed by atoms with van der Waals surface area (Å²) < 4.78 is 26.6. The summed E-state index contributed by atoms with van der Waals surface area (Å²) in [6, 6.07) is 24.5. The predicted octanol–water partition coefficient (Wildman–Crippen LogP) is 5.51. The quantitative estimate of drug-likeness (QED) is 0.347. The van der Waals surface area contributed by atoms with Crippen molar-refractivity contribution in [3.63, 3.8) is 0 Å². The topological polar surface area (TPSA) is 79.4 Å². The number of para-hydroxylation sites is 1. The zero-order chi connectivity index (χ0) is 25.7. The zero-order valence-electron chi connectivity index (χ0n) is 20.6. The number of carbonyl (C=O) groups is 1. The van der Waals surface area contributed by atoms with E-state index in [1.807, 2.05) is 68.4 Å². The maximum Gasteiger partial charge on any atom is 0.255 e. The average molecular weight is 500 g/mol. The molecule has 36 heavy (non-hydrogen) atoms. The first-order chi connectivity index (χ1) is 17.2. The number of sulfonamides is 1. The SMILES string of the molecule is Cc1cccc(C)c1N(Cc1ccc(C(=O)Nc2ccc(Cc3ccncc3)cc2)cc1)S(C)(=O)=O. The highest BCUT2D eigenvalue weighted by Crippen LogP contribution is 2.28. The van der Waals surface area contributed by atoms with Gasteiger partial charge in [0, 0.05) is 23.6 Å². The van der Waals surface area contributed by atoms with Crippen LogP contribution in [0.3, 0.4) is 0 Å². The van der Waals surface area contributed by atoms with Crippen LogP contribution in [0.5, 0.6) is 0 Å². The largest absolute Gasteiger partial charge is 0.322 e. The molecule has 7 heteroatoms. The second kappa shape index (κ2) is 10.7. The molecule has 0 bridgehead atoms. The summed E-state index contributed by atoms with van der Waals surface area (Å²) in [5.74, 6) is -0.224. The third-order valence-corrected chi connectivity index (χ3v) is 7.11. The summed E-state index contributed by atoms with van der Waals surface area (Å²) in [4.78, 5) is 16.8. The van der Waals surface area contributed by atoms with Gasteiger partial charge in [-0.1, -0.05) is 42.5 Å². The molecule has 1 aromatic heterocycles. The Labute approximate surface area is 212 Å². The second-order valence-electron chi connectivity index (χ2n) is 8.89. The molecule has 0 spiro atoms. The molecule has 0 radical (unpaired) electrons. The van der Waals surface area contributed by atoms with E-state index in [1.165, 1.54) is 16.1 Å². The highest BCUT2D eigenvalue weighted by Gasteiger charge is 2.21. The summed E-state index contributed by atoms with van der Waals surface area (Å²) >= 11 is 0. The number of rotatable bonds is 8. The lowest BCUT2D eigenvalue weighted by Gasteiger charge is -2.26. The number of amides is 1. The van der Waals surface area contributed by atoms with Gasteiger partial charge < -0.3 is 5.32 Å². The van der Waals surface area contributed by atoms with Crippen molar-refractivity contribution in [3.8, 4) is 0 Å². The molecule has 0 unspecified atom stereocenters. The van der Waals surface area contributed by atoms with Crippen LogP contribution in [-0.4, -0.2) is 25.6 Å². The molecule has 1 amide bonds. The van der Waals surface area contributed by atoms with Crippen molar-refractivity contribution in [1.29, 1.82) is 0 Å². The summed E-state index contributed by atoms with van der Waals surface area (Å²) in [7, 11) is -3.50. The molecule has 0 fully saturated rings. The van der Waals surface area contributed by atoms with Crippen molar-refractivity contribution < 1.29 is 13.2 Å². The van der Waals surface area contributed by atoms with Gasteiger partial charge in [0.2, 0.25) is 10.0 Å². The fraction of sp³-hybridized carbons (Fsp3) is 0.172. The molecular weight excluding hydrogens is 470 g/mol. The van der Waals surface area contributed by atoms with Crippen LogP contribution >= 0.6 is 0 Å². The summed E-state index contributed by atoms with van der Waals surface area (Å²) in [6.07, 6.45) is 5.56. The Balaban J connectivity index is 1.44. The molecule has 4 aromatic rings. The van der Waals surface area contributed by atoms with Crippen LogP contribution in [0.2, 0.25) is 0 Å². The van der Waals surface area contributed by atoms with Gasteiger partial charge in [0.25, 0.3) is 5.91 Å². The third kappa shape index (κ3) is 6.17. The summed E-state index contributed by atoms with van der Waals surface area (Å²) in [6.45, 7) is 3.99. The van der Waals surface area contributed by atoms with Gasteiger partial charge in [-0.25, -0.2) is 8.42 Å². The molecule has 0 aliphatic carbocycles. The van der Waals surface area contributed by atoms with Gasteiger partial charge in [-0.05, 0) is 84.5 Å². The van der Waals surface area contributed by atoms with E-state index in [9.17, 15) is 13.2 Å². The van der Waals surface area contributed by atoms with Crippen LogP contribution in [0, 0.1) is 13.8 Å². The highest BCUT2D eigenvalue weighted by atomic mass is 32.2. The molecule has 4 rings (SSSR count). The second-order valence-corrected chi connectivity index (χ2v) is 10.8. The molecule has 0 aliphatic rings. The standard InChI is InChI=1S/C29H29N3O3S/c1-21-5-4-6-22(2)28(21)32(36(3,34)35)20-25-7-11-26(12-8-25)29(33)31-27-13-9-23(10-14-27)19-24-15-17-30-18-16-24/h4-18H,19-20H2,1-3H3,(H,31,33). The van der Waals surface area contributed by atoms with Crippen molar-refractivity contribution in [1.82, 2.24) is 4.98 Å². The molecule has 184 valence electrons. The Bertz CT molecular complexity index is 1430. The van der Waals surface area contributed by atoms with Gasteiger partial charge in [-0.3, -0.25) is 14.1 Å². The lowest BCUT2D eigenvalue weighted by Crippen LogP contribution is -2.30. The number of aryl methyl sites for hydroxylation is 2. The Morgan fingerprint density at radius 1 is 0.806 bits per heavy atom. The predicted molar refractivity (Wildman–Crippen MR) is 145 cm³/mol. The molecule has 3 aromatic carbocycles.